The van der Waals surface area contributed by atoms with Gasteiger partial charge in [-0.2, -0.15) is 0 Å². The molecule has 102 valence electrons. The van der Waals surface area contributed by atoms with E-state index in [1.807, 2.05) is 17.6 Å². The number of aromatic nitrogens is 3. The average Bonchev–Trinajstić information content (AvgIpc) is 2.79. The Kier molecular flexibility index (Phi) is 3.18. The van der Waals surface area contributed by atoms with Crippen LogP contribution in [-0.2, 0) is 5.88 Å². The van der Waals surface area contributed by atoms with Gasteiger partial charge in [-0.25, -0.2) is 14.4 Å². The number of halogens is 2. The monoisotopic (exact) mass is 289 g/mol. The highest BCUT2D eigenvalue weighted by Crippen LogP contribution is 2.23. The van der Waals surface area contributed by atoms with Crippen LogP contribution in [0.3, 0.4) is 0 Å². The molecule has 3 nitrogen and oxygen atoms in total. The summed E-state index contributed by atoms with van der Waals surface area (Å²) in [5.74, 6) is 0.742. The summed E-state index contributed by atoms with van der Waals surface area (Å²) in [5, 5.41) is 0. The molecule has 2 aromatic heterocycles. The molecule has 0 unspecified atom stereocenters. The van der Waals surface area contributed by atoms with Crippen LogP contribution in [0.15, 0.2) is 30.5 Å². The summed E-state index contributed by atoms with van der Waals surface area (Å²) in [6, 6.07) is 6.89. The molecule has 0 fully saturated rings. The molecule has 0 aliphatic rings. The summed E-state index contributed by atoms with van der Waals surface area (Å²) in [7, 11) is 0. The fourth-order valence-corrected chi connectivity index (χ4v) is 2.42. The van der Waals surface area contributed by atoms with E-state index in [0.717, 1.165) is 22.4 Å². The fourth-order valence-electron chi connectivity index (χ4n) is 2.24. The van der Waals surface area contributed by atoms with Gasteiger partial charge in [0.2, 0.25) is 0 Å². The molecule has 1 aromatic carbocycles. The maximum absolute atomic E-state index is 13.4. The number of pyridine rings is 1. The van der Waals surface area contributed by atoms with Crippen molar-refractivity contribution in [2.45, 2.75) is 19.7 Å². The van der Waals surface area contributed by atoms with Gasteiger partial charge in [0.15, 0.2) is 5.65 Å². The van der Waals surface area contributed by atoms with E-state index >= 15 is 0 Å². The molecule has 5 heteroatoms. The van der Waals surface area contributed by atoms with E-state index in [-0.39, 0.29) is 11.7 Å². The van der Waals surface area contributed by atoms with Crippen molar-refractivity contribution < 1.29 is 4.39 Å². The van der Waals surface area contributed by atoms with E-state index < -0.39 is 0 Å². The van der Waals surface area contributed by atoms with Crippen LogP contribution in [-0.4, -0.2) is 14.5 Å². The molecule has 0 atom stereocenters. The van der Waals surface area contributed by atoms with Gasteiger partial charge in [-0.05, 0) is 49.2 Å². The molecular weight excluding hydrogens is 277 g/mol. The second-order valence-corrected chi connectivity index (χ2v) is 5.05. The molecule has 3 aromatic rings. The number of rotatable bonds is 2. The Hall–Kier alpha value is -1.94. The largest absolute Gasteiger partial charge is 0.280 e. The Labute approximate surface area is 121 Å². The van der Waals surface area contributed by atoms with Gasteiger partial charge in [0.05, 0.1) is 5.88 Å². The summed E-state index contributed by atoms with van der Waals surface area (Å²) in [4.78, 5) is 8.92. The molecule has 0 spiro atoms. The van der Waals surface area contributed by atoms with Gasteiger partial charge in [0.1, 0.15) is 17.2 Å². The number of hydrogen-bond acceptors (Lipinski definition) is 2. The number of aryl methyl sites for hydroxylation is 2. The van der Waals surface area contributed by atoms with Crippen molar-refractivity contribution in [3.8, 4) is 5.69 Å². The van der Waals surface area contributed by atoms with Crippen molar-refractivity contribution in [3.63, 3.8) is 0 Å². The molecule has 0 saturated carbocycles. The highest BCUT2D eigenvalue weighted by Gasteiger charge is 2.13. The first kappa shape index (κ1) is 13.1. The maximum Gasteiger partial charge on any atom is 0.164 e. The van der Waals surface area contributed by atoms with Crippen LogP contribution < -0.4 is 0 Å². The molecule has 0 amide bonds. The number of imidazole rings is 1. The molecule has 0 saturated heterocycles. The minimum atomic E-state index is -0.227. The molecule has 20 heavy (non-hydrogen) atoms. The quantitative estimate of drug-likeness (QED) is 0.670. The van der Waals surface area contributed by atoms with Crippen LogP contribution in [0.2, 0.25) is 0 Å². The molecule has 0 N–H and O–H groups in total. The summed E-state index contributed by atoms with van der Waals surface area (Å²) < 4.78 is 15.3. The Morgan fingerprint density at radius 3 is 2.75 bits per heavy atom. The Bertz CT molecular complexity index is 795. The van der Waals surface area contributed by atoms with Gasteiger partial charge in [-0.1, -0.05) is 0 Å². The lowest BCUT2D eigenvalue weighted by Gasteiger charge is -2.08. The Balaban J connectivity index is 2.30. The number of nitrogens with zero attached hydrogens (tertiary/aromatic N) is 3. The first-order valence-corrected chi connectivity index (χ1v) is 6.80. The van der Waals surface area contributed by atoms with Gasteiger partial charge >= 0.3 is 0 Å². The highest BCUT2D eigenvalue weighted by molar-refractivity contribution is 6.16. The molecule has 0 bridgehead atoms. The second-order valence-electron chi connectivity index (χ2n) is 4.79. The highest BCUT2D eigenvalue weighted by atomic mass is 35.5. The third kappa shape index (κ3) is 2.06. The van der Waals surface area contributed by atoms with E-state index in [9.17, 15) is 4.39 Å². The normalized spacial score (nSPS) is 11.2. The molecule has 3 rings (SSSR count). The second kappa shape index (κ2) is 4.87. The first-order valence-electron chi connectivity index (χ1n) is 6.26. The van der Waals surface area contributed by atoms with Crippen LogP contribution >= 0.6 is 11.6 Å². The van der Waals surface area contributed by atoms with Crippen LogP contribution in [0.25, 0.3) is 16.9 Å². The van der Waals surface area contributed by atoms with Gasteiger partial charge < -0.3 is 0 Å². The van der Waals surface area contributed by atoms with Crippen molar-refractivity contribution in [2.24, 2.45) is 0 Å². The van der Waals surface area contributed by atoms with Crippen LogP contribution in [0.4, 0.5) is 4.39 Å². The van der Waals surface area contributed by atoms with Crippen molar-refractivity contribution >= 4 is 22.8 Å². The number of fused-ring (bicyclic) bond motifs is 1. The van der Waals surface area contributed by atoms with Gasteiger partial charge in [-0.15, -0.1) is 11.6 Å². The van der Waals surface area contributed by atoms with Crippen molar-refractivity contribution in [1.29, 1.82) is 0 Å². The maximum atomic E-state index is 13.4. The van der Waals surface area contributed by atoms with Crippen LogP contribution in [0, 0.1) is 19.7 Å². The lowest BCUT2D eigenvalue weighted by Crippen LogP contribution is -2.01. The SMILES string of the molecule is Cc1cnc2c(c1)nc(CCl)n2-c1ccc(F)c(C)c1. The van der Waals surface area contributed by atoms with Crippen molar-refractivity contribution in [2.75, 3.05) is 0 Å². The zero-order chi connectivity index (χ0) is 14.3. The smallest absolute Gasteiger partial charge is 0.164 e. The topological polar surface area (TPSA) is 30.7 Å². The summed E-state index contributed by atoms with van der Waals surface area (Å²) >= 11 is 5.98. The summed E-state index contributed by atoms with van der Waals surface area (Å²) in [5.41, 5.74) is 3.97. The van der Waals surface area contributed by atoms with E-state index in [1.54, 1.807) is 25.3 Å². The van der Waals surface area contributed by atoms with E-state index in [0.29, 0.717) is 11.4 Å². The van der Waals surface area contributed by atoms with E-state index in [4.69, 9.17) is 11.6 Å². The van der Waals surface area contributed by atoms with E-state index in [2.05, 4.69) is 9.97 Å². The predicted molar refractivity (Wildman–Crippen MR) is 77.9 cm³/mol. The zero-order valence-corrected chi connectivity index (χ0v) is 11.9. The van der Waals surface area contributed by atoms with Gasteiger partial charge in [0.25, 0.3) is 0 Å². The number of alkyl halides is 1. The summed E-state index contributed by atoms with van der Waals surface area (Å²) in [6.07, 6.45) is 1.79. The Morgan fingerprint density at radius 1 is 1.25 bits per heavy atom. The van der Waals surface area contributed by atoms with E-state index in [1.165, 1.54) is 6.07 Å². The minimum Gasteiger partial charge on any atom is -0.280 e. The third-order valence-corrected chi connectivity index (χ3v) is 3.46. The zero-order valence-electron chi connectivity index (χ0n) is 11.2. The van der Waals surface area contributed by atoms with Gasteiger partial charge in [-0.3, -0.25) is 4.57 Å². The standard InChI is InChI=1S/C15H13ClFN3/c1-9-5-13-15(18-8-9)20(14(7-16)19-13)11-3-4-12(17)10(2)6-11/h3-6,8H,7H2,1-2H3. The van der Waals surface area contributed by atoms with Crippen LogP contribution in [0.1, 0.15) is 17.0 Å². The number of benzene rings is 1. The average molecular weight is 290 g/mol. The molecule has 0 radical (unpaired) electrons. The van der Waals surface area contributed by atoms with Crippen molar-refractivity contribution in [1.82, 2.24) is 14.5 Å². The molecule has 2 heterocycles. The van der Waals surface area contributed by atoms with Crippen molar-refractivity contribution in [3.05, 3.63) is 53.2 Å². The van der Waals surface area contributed by atoms with Crippen LogP contribution in [0.5, 0.6) is 0 Å². The molecular formula is C15H13ClFN3. The summed E-state index contributed by atoms with van der Waals surface area (Å²) in [6.45, 7) is 3.70. The lowest BCUT2D eigenvalue weighted by atomic mass is 10.2. The minimum absolute atomic E-state index is 0.227. The third-order valence-electron chi connectivity index (χ3n) is 3.22. The lowest BCUT2D eigenvalue weighted by molar-refractivity contribution is 0.618. The fraction of sp³-hybridized carbons (Fsp3) is 0.200. The molecule has 0 aliphatic carbocycles. The predicted octanol–water partition coefficient (Wildman–Crippen LogP) is 3.92. The Morgan fingerprint density at radius 2 is 2.05 bits per heavy atom. The first-order chi connectivity index (χ1) is 9.60. The number of hydrogen-bond donors (Lipinski definition) is 0. The van der Waals surface area contributed by atoms with Gasteiger partial charge in [0, 0.05) is 11.9 Å². The molecule has 0 aliphatic heterocycles.